The summed E-state index contributed by atoms with van der Waals surface area (Å²) in [5.74, 6) is 8.23. The first-order valence-electron chi connectivity index (χ1n) is 7.88. The fraction of sp³-hybridized carbons (Fsp3) is 0.529. The Morgan fingerprint density at radius 1 is 1.42 bits per heavy atom. The zero-order valence-corrected chi connectivity index (χ0v) is 13.3. The summed E-state index contributed by atoms with van der Waals surface area (Å²) in [5.41, 5.74) is 4.55. The van der Waals surface area contributed by atoms with E-state index in [1.165, 1.54) is 10.8 Å². The number of H-pyrrole nitrogens is 1. The minimum absolute atomic E-state index is 0.153. The summed E-state index contributed by atoms with van der Waals surface area (Å²) in [5, 5.41) is 9.85. The van der Waals surface area contributed by atoms with E-state index in [0.29, 0.717) is 12.8 Å². The first-order chi connectivity index (χ1) is 11.6. The molecule has 128 valence electrons. The number of aliphatic hydroxyl groups is 1. The molecule has 0 bridgehead atoms. The third-order valence-electron chi connectivity index (χ3n) is 3.81. The maximum atomic E-state index is 12.0. The average Bonchev–Trinajstić information content (AvgIpc) is 2.93. The van der Waals surface area contributed by atoms with Gasteiger partial charge < -0.3 is 15.6 Å². The Hall–Kier alpha value is -2.32. The molecule has 0 radical (unpaired) electrons. The van der Waals surface area contributed by atoms with Gasteiger partial charge in [0.05, 0.1) is 12.2 Å². The van der Waals surface area contributed by atoms with Crippen LogP contribution in [0.25, 0.3) is 0 Å². The van der Waals surface area contributed by atoms with Gasteiger partial charge in [-0.3, -0.25) is 14.3 Å². The molecule has 1 saturated heterocycles. The lowest BCUT2D eigenvalue weighted by atomic mass is 10.2. The fourth-order valence-electron chi connectivity index (χ4n) is 2.48. The fourth-order valence-corrected chi connectivity index (χ4v) is 2.48. The number of unbranched alkanes of at least 4 members (excludes halogenated alkanes) is 3. The standard InChI is InChI=1S/C17H21N3O4/c1-2-3-4-5-6-7-8-12-11-20(17(23)19-16(12)22)15-9-13(21)14(10-18)24-15/h1,11,13-15,21H,3-6,9-10,18H2,(H,19,22,23). The quantitative estimate of drug-likeness (QED) is 0.506. The number of aliphatic hydroxyl groups excluding tert-OH is 1. The lowest BCUT2D eigenvalue weighted by Crippen LogP contribution is -2.34. The summed E-state index contributed by atoms with van der Waals surface area (Å²) >= 11 is 0. The monoisotopic (exact) mass is 331 g/mol. The SMILES string of the molecule is C#CCCCCC#Cc1cn(C2CC(O)C(CN)O2)c(=O)[nH]c1=O. The van der Waals surface area contributed by atoms with Gasteiger partial charge in [-0.25, -0.2) is 4.79 Å². The number of hydrogen-bond donors (Lipinski definition) is 3. The summed E-state index contributed by atoms with van der Waals surface area (Å²) in [6.45, 7) is 0.153. The molecule has 0 saturated carbocycles. The van der Waals surface area contributed by atoms with E-state index in [-0.39, 0.29) is 18.5 Å². The van der Waals surface area contributed by atoms with Crippen LogP contribution in [0.3, 0.4) is 0 Å². The van der Waals surface area contributed by atoms with Crippen LogP contribution in [0.4, 0.5) is 0 Å². The number of nitrogens with two attached hydrogens (primary N) is 1. The number of ether oxygens (including phenoxy) is 1. The van der Waals surface area contributed by atoms with Crippen LogP contribution in [0, 0.1) is 24.2 Å². The Kier molecular flexibility index (Phi) is 6.39. The molecule has 0 aliphatic carbocycles. The van der Waals surface area contributed by atoms with Crippen LogP contribution in [0.2, 0.25) is 0 Å². The van der Waals surface area contributed by atoms with E-state index in [4.69, 9.17) is 16.9 Å². The molecule has 3 unspecified atom stereocenters. The molecule has 1 aromatic rings. The van der Waals surface area contributed by atoms with E-state index in [9.17, 15) is 14.7 Å². The zero-order valence-electron chi connectivity index (χ0n) is 13.3. The summed E-state index contributed by atoms with van der Waals surface area (Å²) in [6, 6.07) is 0. The molecule has 24 heavy (non-hydrogen) atoms. The van der Waals surface area contributed by atoms with Crippen LogP contribution in [-0.4, -0.2) is 33.4 Å². The third-order valence-corrected chi connectivity index (χ3v) is 3.81. The highest BCUT2D eigenvalue weighted by Gasteiger charge is 2.34. The molecule has 1 fully saturated rings. The summed E-state index contributed by atoms with van der Waals surface area (Å²) in [7, 11) is 0. The Bertz CT molecular complexity index is 778. The predicted octanol–water partition coefficient (Wildman–Crippen LogP) is -0.311. The smallest absolute Gasteiger partial charge is 0.330 e. The number of aromatic amines is 1. The van der Waals surface area contributed by atoms with E-state index in [2.05, 4.69) is 22.7 Å². The van der Waals surface area contributed by atoms with Crippen molar-refractivity contribution in [3.05, 3.63) is 32.6 Å². The molecule has 0 spiro atoms. The van der Waals surface area contributed by atoms with Crippen molar-refractivity contribution < 1.29 is 9.84 Å². The van der Waals surface area contributed by atoms with Crippen molar-refractivity contribution in [3.8, 4) is 24.2 Å². The van der Waals surface area contributed by atoms with Crippen molar-refractivity contribution in [2.45, 2.75) is 50.5 Å². The molecule has 1 aromatic heterocycles. The van der Waals surface area contributed by atoms with Crippen molar-refractivity contribution in [3.63, 3.8) is 0 Å². The summed E-state index contributed by atoms with van der Waals surface area (Å²) in [4.78, 5) is 26.0. The lowest BCUT2D eigenvalue weighted by molar-refractivity contribution is -0.0151. The largest absolute Gasteiger partial charge is 0.390 e. The van der Waals surface area contributed by atoms with Crippen LogP contribution in [0.5, 0.6) is 0 Å². The first-order valence-corrected chi connectivity index (χ1v) is 7.88. The maximum absolute atomic E-state index is 12.0. The first kappa shape index (κ1) is 18.0. The van der Waals surface area contributed by atoms with Gasteiger partial charge in [0.15, 0.2) is 0 Å². The van der Waals surface area contributed by atoms with Crippen molar-refractivity contribution in [1.82, 2.24) is 9.55 Å². The van der Waals surface area contributed by atoms with E-state index in [1.54, 1.807) is 0 Å². The van der Waals surface area contributed by atoms with Crippen molar-refractivity contribution in [1.29, 1.82) is 0 Å². The van der Waals surface area contributed by atoms with Crippen LogP contribution < -0.4 is 17.0 Å². The average molecular weight is 331 g/mol. The number of rotatable bonds is 5. The maximum Gasteiger partial charge on any atom is 0.330 e. The molecule has 0 amide bonds. The summed E-state index contributed by atoms with van der Waals surface area (Å²) < 4.78 is 6.79. The molecule has 7 heteroatoms. The number of aromatic nitrogens is 2. The van der Waals surface area contributed by atoms with Crippen LogP contribution in [-0.2, 0) is 4.74 Å². The van der Waals surface area contributed by atoms with Gasteiger partial charge in [0, 0.05) is 32.0 Å². The highest BCUT2D eigenvalue weighted by Crippen LogP contribution is 2.26. The molecule has 2 heterocycles. The van der Waals surface area contributed by atoms with E-state index in [1.807, 2.05) is 0 Å². The molecular weight excluding hydrogens is 310 g/mol. The number of nitrogens with zero attached hydrogens (tertiary/aromatic N) is 1. The van der Waals surface area contributed by atoms with Gasteiger partial charge in [-0.05, 0) is 12.8 Å². The molecule has 1 aliphatic rings. The Labute approximate surface area is 139 Å². The Morgan fingerprint density at radius 3 is 2.83 bits per heavy atom. The minimum atomic E-state index is -0.746. The van der Waals surface area contributed by atoms with Crippen LogP contribution >= 0.6 is 0 Å². The van der Waals surface area contributed by atoms with E-state index >= 15 is 0 Å². The van der Waals surface area contributed by atoms with E-state index < -0.39 is 29.7 Å². The normalized spacial score (nSPS) is 22.6. The Balaban J connectivity index is 2.15. The molecule has 0 aromatic carbocycles. The minimum Gasteiger partial charge on any atom is -0.390 e. The van der Waals surface area contributed by atoms with Crippen LogP contribution in [0.1, 0.15) is 43.9 Å². The summed E-state index contributed by atoms with van der Waals surface area (Å²) in [6.07, 6.45) is 7.88. The second-order valence-electron chi connectivity index (χ2n) is 5.59. The van der Waals surface area contributed by atoms with Gasteiger partial charge in [-0.1, -0.05) is 11.8 Å². The predicted molar refractivity (Wildman–Crippen MR) is 89.1 cm³/mol. The van der Waals surface area contributed by atoms with E-state index in [0.717, 1.165) is 12.8 Å². The molecule has 7 nitrogen and oxygen atoms in total. The third kappa shape index (κ3) is 4.36. The van der Waals surface area contributed by atoms with Crippen molar-refractivity contribution in [2.24, 2.45) is 5.73 Å². The van der Waals surface area contributed by atoms with Crippen molar-refractivity contribution >= 4 is 0 Å². The Morgan fingerprint density at radius 2 is 2.17 bits per heavy atom. The molecular formula is C17H21N3O4. The van der Waals surface area contributed by atoms with Crippen LogP contribution in [0.15, 0.2) is 15.8 Å². The topological polar surface area (TPSA) is 110 Å². The van der Waals surface area contributed by atoms with Gasteiger partial charge in [-0.2, -0.15) is 0 Å². The molecule has 2 rings (SSSR count). The van der Waals surface area contributed by atoms with Gasteiger partial charge in [-0.15, -0.1) is 12.3 Å². The number of terminal acetylenes is 1. The highest BCUT2D eigenvalue weighted by molar-refractivity contribution is 5.29. The van der Waals surface area contributed by atoms with Gasteiger partial charge >= 0.3 is 5.69 Å². The zero-order chi connectivity index (χ0) is 17.5. The van der Waals surface area contributed by atoms with Gasteiger partial charge in [0.2, 0.25) is 0 Å². The number of nitrogens with one attached hydrogen (secondary N) is 1. The van der Waals surface area contributed by atoms with Gasteiger partial charge in [0.1, 0.15) is 11.8 Å². The highest BCUT2D eigenvalue weighted by atomic mass is 16.5. The second kappa shape index (κ2) is 8.51. The van der Waals surface area contributed by atoms with Gasteiger partial charge in [0.25, 0.3) is 5.56 Å². The van der Waals surface area contributed by atoms with Crippen molar-refractivity contribution in [2.75, 3.05) is 6.54 Å². The number of hydrogen-bond acceptors (Lipinski definition) is 5. The second-order valence-corrected chi connectivity index (χ2v) is 5.59. The lowest BCUT2D eigenvalue weighted by Gasteiger charge is -2.14. The molecule has 4 N–H and O–H groups in total. The molecule has 3 atom stereocenters. The molecule has 1 aliphatic heterocycles.